The molecule has 3 aromatic rings. The van der Waals surface area contributed by atoms with Gasteiger partial charge in [0.1, 0.15) is 17.5 Å². The van der Waals surface area contributed by atoms with E-state index in [4.69, 9.17) is 0 Å². The van der Waals surface area contributed by atoms with Gasteiger partial charge in [-0.15, -0.1) is 0 Å². The number of nitrogens with one attached hydrogen (secondary N) is 1. The molecule has 3 rings (SSSR count). The highest BCUT2D eigenvalue weighted by Gasteiger charge is 2.19. The van der Waals surface area contributed by atoms with Gasteiger partial charge < -0.3 is 4.98 Å². The van der Waals surface area contributed by atoms with Crippen molar-refractivity contribution in [2.75, 3.05) is 0 Å². The van der Waals surface area contributed by atoms with Crippen LogP contribution in [0.1, 0.15) is 37.7 Å². The van der Waals surface area contributed by atoms with E-state index < -0.39 is 11.6 Å². The molecule has 25 heavy (non-hydrogen) atoms. The molecule has 0 aliphatic carbocycles. The number of fused-ring (bicyclic) bond motifs is 1. The number of rotatable bonds is 0. The number of halogens is 2. The lowest BCUT2D eigenvalue weighted by Gasteiger charge is -2.17. The van der Waals surface area contributed by atoms with Crippen LogP contribution in [0.25, 0.3) is 10.9 Å². The second kappa shape index (κ2) is 6.10. The van der Waals surface area contributed by atoms with E-state index in [1.165, 1.54) is 18.5 Å². The van der Waals surface area contributed by atoms with Gasteiger partial charge in [0.25, 0.3) is 5.56 Å². The van der Waals surface area contributed by atoms with E-state index in [1.807, 2.05) is 20.8 Å². The van der Waals surface area contributed by atoms with Crippen molar-refractivity contribution in [3.8, 4) is 11.8 Å². The number of hydrogen-bond donors (Lipinski definition) is 1. The fourth-order valence-corrected chi connectivity index (χ4v) is 2.23. The summed E-state index contributed by atoms with van der Waals surface area (Å²) < 4.78 is 26.7. The summed E-state index contributed by atoms with van der Waals surface area (Å²) in [6.07, 6.45) is 2.88. The molecule has 126 valence electrons. The van der Waals surface area contributed by atoms with Gasteiger partial charge in [0, 0.05) is 23.9 Å². The Morgan fingerprint density at radius 1 is 1.08 bits per heavy atom. The first-order chi connectivity index (χ1) is 11.8. The third-order valence-electron chi connectivity index (χ3n) is 3.59. The molecule has 0 saturated heterocycles. The highest BCUT2D eigenvalue weighted by atomic mass is 19.1. The molecule has 0 unspecified atom stereocenters. The zero-order chi connectivity index (χ0) is 18.2. The second-order valence-corrected chi connectivity index (χ2v) is 6.62. The van der Waals surface area contributed by atoms with E-state index >= 15 is 0 Å². The molecule has 0 radical (unpaired) electrons. The number of aromatic amines is 1. The first-order valence-corrected chi connectivity index (χ1v) is 7.61. The fraction of sp³-hybridized carbons (Fsp3) is 0.211. The van der Waals surface area contributed by atoms with Crippen LogP contribution in [0.2, 0.25) is 0 Å². The minimum Gasteiger partial charge on any atom is -0.310 e. The van der Waals surface area contributed by atoms with Crippen LogP contribution >= 0.6 is 0 Å². The molecule has 0 amide bonds. The normalized spacial score (nSPS) is 11.2. The summed E-state index contributed by atoms with van der Waals surface area (Å²) in [6, 6.07) is 3.16. The Bertz CT molecular complexity index is 1090. The Balaban J connectivity index is 2.19. The Kier molecular flexibility index (Phi) is 4.09. The highest BCUT2D eigenvalue weighted by Crippen LogP contribution is 2.20. The number of hydrogen-bond acceptors (Lipinski definition) is 3. The molecule has 1 N–H and O–H groups in total. The van der Waals surface area contributed by atoms with Gasteiger partial charge in [0.15, 0.2) is 0 Å². The number of pyridine rings is 1. The van der Waals surface area contributed by atoms with E-state index in [0.29, 0.717) is 22.3 Å². The maximum atomic E-state index is 13.7. The van der Waals surface area contributed by atoms with Gasteiger partial charge >= 0.3 is 0 Å². The molecule has 6 heteroatoms. The maximum absolute atomic E-state index is 13.7. The van der Waals surface area contributed by atoms with Crippen LogP contribution in [-0.2, 0) is 5.41 Å². The van der Waals surface area contributed by atoms with E-state index in [0.717, 1.165) is 12.1 Å². The average molecular weight is 339 g/mol. The predicted octanol–water partition coefficient (Wildman–Crippen LogP) is 3.29. The van der Waals surface area contributed by atoms with Crippen LogP contribution in [0.15, 0.2) is 35.4 Å². The van der Waals surface area contributed by atoms with Crippen molar-refractivity contribution in [2.45, 2.75) is 26.2 Å². The van der Waals surface area contributed by atoms with Crippen molar-refractivity contribution in [2.24, 2.45) is 0 Å². The first kappa shape index (κ1) is 16.8. The van der Waals surface area contributed by atoms with E-state index in [1.54, 1.807) is 0 Å². The summed E-state index contributed by atoms with van der Waals surface area (Å²) in [5.74, 6) is 4.53. The van der Waals surface area contributed by atoms with Gasteiger partial charge in [-0.3, -0.25) is 9.78 Å². The Morgan fingerprint density at radius 3 is 2.48 bits per heavy atom. The van der Waals surface area contributed by atoms with Crippen LogP contribution in [0.3, 0.4) is 0 Å². The van der Waals surface area contributed by atoms with Gasteiger partial charge in [-0.25, -0.2) is 13.8 Å². The summed E-state index contributed by atoms with van der Waals surface area (Å²) in [6.45, 7) is 5.78. The summed E-state index contributed by atoms with van der Waals surface area (Å²) >= 11 is 0. The lowest BCUT2D eigenvalue weighted by atomic mass is 9.95. The molecule has 2 aromatic heterocycles. The van der Waals surface area contributed by atoms with E-state index in [9.17, 15) is 13.6 Å². The molecule has 1 aromatic carbocycles. The fourth-order valence-electron chi connectivity index (χ4n) is 2.23. The lowest BCUT2D eigenvalue weighted by molar-refractivity contribution is 0.546. The standard InChI is InChI=1S/C19H15F2N3O/c1-19(2,3)18-23-16-12(9-22-10-14(16)17(25)24-18)5-4-11-6-7-13(20)8-15(11)21/h6-10H,1-3H3,(H,23,24,25). The van der Waals surface area contributed by atoms with Gasteiger partial charge in [0.05, 0.1) is 22.0 Å². The predicted molar refractivity (Wildman–Crippen MR) is 91.2 cm³/mol. The molecular formula is C19H15F2N3O. The maximum Gasteiger partial charge on any atom is 0.260 e. The molecular weight excluding hydrogens is 324 g/mol. The smallest absolute Gasteiger partial charge is 0.260 e. The number of aromatic nitrogens is 3. The topological polar surface area (TPSA) is 58.6 Å². The van der Waals surface area contributed by atoms with E-state index in [-0.39, 0.29) is 16.5 Å². The molecule has 2 heterocycles. The molecule has 0 saturated carbocycles. The van der Waals surface area contributed by atoms with Gasteiger partial charge in [-0.05, 0) is 12.1 Å². The van der Waals surface area contributed by atoms with Crippen molar-refractivity contribution in [3.05, 3.63) is 69.5 Å². The van der Waals surface area contributed by atoms with Crippen molar-refractivity contribution < 1.29 is 8.78 Å². The SMILES string of the molecule is CC(C)(C)c1nc2c(C#Cc3ccc(F)cc3F)cncc2c(=O)[nH]1. The van der Waals surface area contributed by atoms with Crippen LogP contribution in [0.5, 0.6) is 0 Å². The summed E-state index contributed by atoms with van der Waals surface area (Å²) in [4.78, 5) is 23.5. The van der Waals surface area contributed by atoms with Gasteiger partial charge in [-0.2, -0.15) is 0 Å². The third-order valence-corrected chi connectivity index (χ3v) is 3.59. The molecule has 0 spiro atoms. The van der Waals surface area contributed by atoms with Crippen molar-refractivity contribution >= 4 is 10.9 Å². The lowest BCUT2D eigenvalue weighted by Crippen LogP contribution is -2.22. The van der Waals surface area contributed by atoms with Gasteiger partial charge in [0.2, 0.25) is 0 Å². The number of nitrogens with zero attached hydrogens (tertiary/aromatic N) is 2. The second-order valence-electron chi connectivity index (χ2n) is 6.62. The van der Waals surface area contributed by atoms with Crippen LogP contribution < -0.4 is 5.56 Å². The summed E-state index contributed by atoms with van der Waals surface area (Å²) in [5, 5.41) is 0.305. The number of benzene rings is 1. The largest absolute Gasteiger partial charge is 0.310 e. The molecule has 0 aliphatic heterocycles. The molecule has 0 fully saturated rings. The Morgan fingerprint density at radius 2 is 1.80 bits per heavy atom. The Labute approximate surface area is 143 Å². The summed E-state index contributed by atoms with van der Waals surface area (Å²) in [5.41, 5.74) is 0.194. The van der Waals surface area contributed by atoms with Crippen LogP contribution in [0.4, 0.5) is 8.78 Å². The third kappa shape index (κ3) is 3.41. The van der Waals surface area contributed by atoms with Gasteiger partial charge in [-0.1, -0.05) is 32.6 Å². The number of H-pyrrole nitrogens is 1. The van der Waals surface area contributed by atoms with Crippen molar-refractivity contribution in [1.82, 2.24) is 15.0 Å². The van der Waals surface area contributed by atoms with E-state index in [2.05, 4.69) is 26.8 Å². The summed E-state index contributed by atoms with van der Waals surface area (Å²) in [7, 11) is 0. The minimum atomic E-state index is -0.748. The zero-order valence-electron chi connectivity index (χ0n) is 13.9. The quantitative estimate of drug-likeness (QED) is 0.640. The van der Waals surface area contributed by atoms with Crippen LogP contribution in [-0.4, -0.2) is 15.0 Å². The van der Waals surface area contributed by atoms with Crippen molar-refractivity contribution in [3.63, 3.8) is 0 Å². The minimum absolute atomic E-state index is 0.0549. The molecule has 4 nitrogen and oxygen atoms in total. The zero-order valence-corrected chi connectivity index (χ0v) is 13.9. The highest BCUT2D eigenvalue weighted by molar-refractivity contribution is 5.82. The van der Waals surface area contributed by atoms with Crippen LogP contribution in [0, 0.1) is 23.5 Å². The monoisotopic (exact) mass is 339 g/mol. The Hall–Kier alpha value is -3.07. The first-order valence-electron chi connectivity index (χ1n) is 7.61. The average Bonchev–Trinajstić information content (AvgIpc) is 2.53. The molecule has 0 aliphatic rings. The molecule has 0 bridgehead atoms. The molecule has 0 atom stereocenters. The van der Waals surface area contributed by atoms with Crippen molar-refractivity contribution in [1.29, 1.82) is 0 Å².